The van der Waals surface area contributed by atoms with Crippen LogP contribution < -0.4 is 10.2 Å². The molecule has 0 unspecified atom stereocenters. The highest BCUT2D eigenvalue weighted by atomic mass is 32.2. The Balaban J connectivity index is 1.91. The van der Waals surface area contributed by atoms with Gasteiger partial charge in [0.1, 0.15) is 4.90 Å². The molecule has 0 fully saturated rings. The van der Waals surface area contributed by atoms with Crippen molar-refractivity contribution in [1.82, 2.24) is 4.98 Å². The Hall–Kier alpha value is -1.90. The van der Waals surface area contributed by atoms with E-state index in [0.29, 0.717) is 17.8 Å². The molecule has 0 aliphatic carbocycles. The van der Waals surface area contributed by atoms with Crippen LogP contribution in [0.2, 0.25) is 0 Å². The van der Waals surface area contributed by atoms with Gasteiger partial charge in [0.05, 0.1) is 6.61 Å². The van der Waals surface area contributed by atoms with Crippen LogP contribution in [0.25, 0.3) is 0 Å². The fraction of sp³-hybridized carbons (Fsp3) is 0.0833. The molecule has 1 aliphatic rings. The van der Waals surface area contributed by atoms with Crippen molar-refractivity contribution >= 4 is 28.3 Å². The van der Waals surface area contributed by atoms with Crippen LogP contribution in [0.3, 0.4) is 0 Å². The Kier molecular flexibility index (Phi) is 3.21. The van der Waals surface area contributed by atoms with Gasteiger partial charge in [-0.1, -0.05) is 6.07 Å². The number of nitrogens with one attached hydrogen (secondary N) is 1. The van der Waals surface area contributed by atoms with Gasteiger partial charge in [-0.3, -0.25) is 9.71 Å². The first kappa shape index (κ1) is 13.1. The summed E-state index contributed by atoms with van der Waals surface area (Å²) in [6.07, 6.45) is 2.77. The summed E-state index contributed by atoms with van der Waals surface area (Å²) in [6.45, 7) is 0.326. The van der Waals surface area contributed by atoms with Crippen LogP contribution in [0.1, 0.15) is 5.56 Å². The molecule has 0 saturated carbocycles. The van der Waals surface area contributed by atoms with E-state index in [1.54, 1.807) is 24.3 Å². The fourth-order valence-corrected chi connectivity index (χ4v) is 3.01. The maximum Gasteiger partial charge on any atom is 0.491 e. The number of hydrogen-bond donors (Lipinski definition) is 2. The van der Waals surface area contributed by atoms with Crippen LogP contribution in [0.5, 0.6) is 0 Å². The first-order valence-corrected chi connectivity index (χ1v) is 7.40. The zero-order valence-corrected chi connectivity index (χ0v) is 11.2. The van der Waals surface area contributed by atoms with Crippen LogP contribution in [-0.4, -0.2) is 25.5 Å². The van der Waals surface area contributed by atoms with Gasteiger partial charge >= 0.3 is 7.12 Å². The molecule has 1 aromatic carbocycles. The predicted octanol–water partition coefficient (Wildman–Crippen LogP) is 0.100. The van der Waals surface area contributed by atoms with Crippen molar-refractivity contribution in [3.8, 4) is 0 Å². The van der Waals surface area contributed by atoms with Crippen molar-refractivity contribution in [1.29, 1.82) is 0 Å². The average Bonchev–Trinajstić information content (AvgIpc) is 2.81. The quantitative estimate of drug-likeness (QED) is 0.783. The lowest BCUT2D eigenvalue weighted by atomic mass is 9.79. The number of fused-ring (bicyclic) bond motifs is 1. The van der Waals surface area contributed by atoms with E-state index < -0.39 is 17.1 Å². The smallest absolute Gasteiger partial charge is 0.423 e. The molecule has 8 heteroatoms. The van der Waals surface area contributed by atoms with E-state index in [-0.39, 0.29) is 4.90 Å². The molecular formula is C12H11BN2O4S. The van der Waals surface area contributed by atoms with E-state index in [0.717, 1.165) is 5.56 Å². The van der Waals surface area contributed by atoms with Gasteiger partial charge in [0, 0.05) is 18.1 Å². The largest absolute Gasteiger partial charge is 0.491 e. The number of sulfonamides is 1. The Labute approximate surface area is 116 Å². The highest BCUT2D eigenvalue weighted by Gasteiger charge is 2.27. The zero-order valence-electron chi connectivity index (χ0n) is 10.4. The highest BCUT2D eigenvalue weighted by molar-refractivity contribution is 7.92. The molecule has 6 nitrogen and oxygen atoms in total. The Morgan fingerprint density at radius 3 is 2.95 bits per heavy atom. The second kappa shape index (κ2) is 4.90. The molecule has 1 aromatic heterocycles. The Morgan fingerprint density at radius 2 is 2.20 bits per heavy atom. The van der Waals surface area contributed by atoms with Gasteiger partial charge in [0.15, 0.2) is 0 Å². The van der Waals surface area contributed by atoms with Crippen LogP contribution in [-0.2, 0) is 21.3 Å². The first-order valence-electron chi connectivity index (χ1n) is 5.91. The molecule has 1 aliphatic heterocycles. The Bertz CT molecular complexity index is 736. The minimum atomic E-state index is -3.68. The van der Waals surface area contributed by atoms with Gasteiger partial charge in [0.25, 0.3) is 10.0 Å². The van der Waals surface area contributed by atoms with Gasteiger partial charge in [0.2, 0.25) is 0 Å². The lowest BCUT2D eigenvalue weighted by molar-refractivity contribution is 0.275. The zero-order chi connectivity index (χ0) is 14.2. The maximum atomic E-state index is 12.1. The number of benzene rings is 1. The normalized spacial score (nSPS) is 14.2. The van der Waals surface area contributed by atoms with Crippen LogP contribution >= 0.6 is 0 Å². The van der Waals surface area contributed by atoms with Gasteiger partial charge in [-0.2, -0.15) is 0 Å². The minimum absolute atomic E-state index is 0.0808. The predicted molar refractivity (Wildman–Crippen MR) is 73.9 cm³/mol. The van der Waals surface area contributed by atoms with Crippen LogP contribution in [0, 0.1) is 0 Å². The molecule has 2 N–H and O–H groups in total. The molecule has 0 amide bonds. The molecule has 0 bridgehead atoms. The summed E-state index contributed by atoms with van der Waals surface area (Å²) in [6, 6.07) is 7.94. The summed E-state index contributed by atoms with van der Waals surface area (Å²) in [4.78, 5) is 3.86. The number of hydrogen-bond acceptors (Lipinski definition) is 5. The fourth-order valence-electron chi connectivity index (χ4n) is 2.00. The van der Waals surface area contributed by atoms with E-state index in [1.807, 2.05) is 0 Å². The third-order valence-corrected chi connectivity index (χ3v) is 4.37. The van der Waals surface area contributed by atoms with Crippen molar-refractivity contribution in [2.75, 3.05) is 4.72 Å². The third kappa shape index (κ3) is 2.40. The van der Waals surface area contributed by atoms with Crippen LogP contribution in [0.15, 0.2) is 47.6 Å². The molecule has 0 spiro atoms. The van der Waals surface area contributed by atoms with Gasteiger partial charge < -0.3 is 9.68 Å². The molecule has 0 saturated heterocycles. The molecular weight excluding hydrogens is 279 g/mol. The van der Waals surface area contributed by atoms with E-state index >= 15 is 0 Å². The molecule has 3 rings (SSSR count). The minimum Gasteiger partial charge on any atom is -0.423 e. The molecule has 102 valence electrons. The summed E-state index contributed by atoms with van der Waals surface area (Å²) in [5, 5.41) is 9.61. The number of nitrogens with zero attached hydrogens (tertiary/aromatic N) is 1. The van der Waals surface area contributed by atoms with E-state index in [9.17, 15) is 13.4 Å². The molecule has 2 aromatic rings. The summed E-state index contributed by atoms with van der Waals surface area (Å²) in [7, 11) is -4.69. The van der Waals surface area contributed by atoms with Gasteiger partial charge in [-0.15, -0.1) is 0 Å². The van der Waals surface area contributed by atoms with Crippen molar-refractivity contribution in [3.05, 3.63) is 48.3 Å². The summed E-state index contributed by atoms with van der Waals surface area (Å²) >= 11 is 0. The highest BCUT2D eigenvalue weighted by Crippen LogP contribution is 2.18. The van der Waals surface area contributed by atoms with Gasteiger partial charge in [-0.05, 0) is 35.3 Å². The summed E-state index contributed by atoms with van der Waals surface area (Å²) < 4.78 is 31.8. The lowest BCUT2D eigenvalue weighted by Gasteiger charge is -2.09. The monoisotopic (exact) mass is 290 g/mol. The second-order valence-electron chi connectivity index (χ2n) is 4.37. The number of aromatic nitrogens is 1. The SMILES string of the molecule is O=S(=O)(Nc1ccc2c(c1)B(O)OC2)c1cccnc1. The van der Waals surface area contributed by atoms with Crippen molar-refractivity contribution in [2.24, 2.45) is 0 Å². The topological polar surface area (TPSA) is 88.5 Å². The van der Waals surface area contributed by atoms with E-state index in [1.165, 1.54) is 18.5 Å². The van der Waals surface area contributed by atoms with Crippen molar-refractivity contribution in [3.63, 3.8) is 0 Å². The number of pyridine rings is 1. The Morgan fingerprint density at radius 1 is 1.35 bits per heavy atom. The second-order valence-corrected chi connectivity index (χ2v) is 6.05. The summed E-state index contributed by atoms with van der Waals surface area (Å²) in [5.74, 6) is 0. The van der Waals surface area contributed by atoms with Gasteiger partial charge in [-0.25, -0.2) is 8.42 Å². The van der Waals surface area contributed by atoms with Crippen LogP contribution in [0.4, 0.5) is 5.69 Å². The molecule has 0 radical (unpaired) electrons. The summed E-state index contributed by atoms with van der Waals surface area (Å²) in [5.41, 5.74) is 1.80. The maximum absolute atomic E-state index is 12.1. The van der Waals surface area contributed by atoms with Crippen molar-refractivity contribution in [2.45, 2.75) is 11.5 Å². The standard InChI is InChI=1S/C12H11BN2O4S/c16-13-12-6-10(4-3-9(12)8-19-13)15-20(17,18)11-2-1-5-14-7-11/h1-7,15-16H,8H2. The van der Waals surface area contributed by atoms with Crippen molar-refractivity contribution < 1.29 is 18.1 Å². The van der Waals surface area contributed by atoms with E-state index in [4.69, 9.17) is 4.65 Å². The molecule has 0 atom stereocenters. The number of rotatable bonds is 3. The van der Waals surface area contributed by atoms with E-state index in [2.05, 4.69) is 9.71 Å². The third-order valence-electron chi connectivity index (χ3n) is 3.01. The lowest BCUT2D eigenvalue weighted by Crippen LogP contribution is -2.28. The molecule has 2 heterocycles. The number of anilines is 1. The molecule has 20 heavy (non-hydrogen) atoms. The first-order chi connectivity index (χ1) is 9.56. The average molecular weight is 290 g/mol.